The van der Waals surface area contributed by atoms with Gasteiger partial charge in [-0.3, -0.25) is 0 Å². The molecule has 0 unspecified atom stereocenters. The highest BCUT2D eigenvalue weighted by Crippen LogP contribution is 1.99. The molecule has 0 aliphatic heterocycles. The fraction of sp³-hybridized carbons (Fsp3) is 1.00. The van der Waals surface area contributed by atoms with Crippen LogP contribution in [0.2, 0.25) is 0 Å². The molecular formula is C8H18N2S. The quantitative estimate of drug-likeness (QED) is 0.547. The van der Waals surface area contributed by atoms with Crippen molar-refractivity contribution in [2.45, 2.75) is 25.7 Å². The highest BCUT2D eigenvalue weighted by Gasteiger charge is 1.90. The monoisotopic (exact) mass is 174 g/mol. The Morgan fingerprint density at radius 2 is 1.73 bits per heavy atom. The lowest BCUT2D eigenvalue weighted by molar-refractivity contribution is 0.390. The van der Waals surface area contributed by atoms with Gasteiger partial charge in [-0.25, -0.2) is 4.36 Å². The Bertz CT molecular complexity index is 94.1. The highest BCUT2D eigenvalue weighted by atomic mass is 32.1. The molecule has 0 fully saturated rings. The second-order valence-electron chi connectivity index (χ2n) is 3.07. The van der Waals surface area contributed by atoms with Gasteiger partial charge in [0, 0.05) is 12.4 Å². The van der Waals surface area contributed by atoms with Crippen LogP contribution in [0.4, 0.5) is 0 Å². The van der Waals surface area contributed by atoms with Crippen LogP contribution in [0.15, 0.2) is 4.36 Å². The Morgan fingerprint density at radius 1 is 1.09 bits per heavy atom. The summed E-state index contributed by atoms with van der Waals surface area (Å²) >= 11 is 4.49. The molecule has 0 aromatic rings. The lowest BCUT2D eigenvalue weighted by Crippen LogP contribution is -2.12. The van der Waals surface area contributed by atoms with Crippen LogP contribution < -0.4 is 0 Å². The summed E-state index contributed by atoms with van der Waals surface area (Å²) in [6, 6.07) is 0. The van der Waals surface area contributed by atoms with Crippen LogP contribution in [-0.2, 0) is 12.4 Å². The summed E-state index contributed by atoms with van der Waals surface area (Å²) in [5.41, 5.74) is 0. The average molecular weight is 174 g/mol. The van der Waals surface area contributed by atoms with Crippen LogP contribution in [0.25, 0.3) is 0 Å². The van der Waals surface area contributed by atoms with Crippen molar-refractivity contribution in [1.82, 2.24) is 4.90 Å². The third-order valence-electron chi connectivity index (χ3n) is 1.60. The predicted octanol–water partition coefficient (Wildman–Crippen LogP) is 1.84. The van der Waals surface area contributed by atoms with Gasteiger partial charge in [-0.15, -0.1) is 0 Å². The van der Waals surface area contributed by atoms with E-state index in [9.17, 15) is 0 Å². The van der Waals surface area contributed by atoms with Crippen LogP contribution in [0.1, 0.15) is 25.7 Å². The van der Waals surface area contributed by atoms with E-state index >= 15 is 0 Å². The molecule has 3 heteroatoms. The van der Waals surface area contributed by atoms with E-state index < -0.39 is 0 Å². The van der Waals surface area contributed by atoms with Gasteiger partial charge in [0.15, 0.2) is 0 Å². The van der Waals surface area contributed by atoms with Crippen LogP contribution in [0.3, 0.4) is 0 Å². The minimum atomic E-state index is 0.858. The first-order valence-electron chi connectivity index (χ1n) is 4.21. The fourth-order valence-corrected chi connectivity index (χ4v) is 1.09. The van der Waals surface area contributed by atoms with Gasteiger partial charge >= 0.3 is 0 Å². The Kier molecular flexibility index (Phi) is 8.07. The number of nitrogens with zero attached hydrogens (tertiary/aromatic N) is 2. The lowest BCUT2D eigenvalue weighted by atomic mass is 10.2. The van der Waals surface area contributed by atoms with Gasteiger partial charge in [-0.2, -0.15) is 0 Å². The zero-order valence-electron chi connectivity index (χ0n) is 7.55. The standard InChI is InChI=1S/C8H18N2S/c1-10(2)8-6-4-3-5-7-9-11/h3-8H2,1-2H3. The average Bonchev–Trinajstić information content (AvgIpc) is 1.96. The number of hydrogen-bond acceptors (Lipinski definition) is 3. The SMILES string of the molecule is CN(C)CCCCCCN=S. The van der Waals surface area contributed by atoms with Gasteiger partial charge in [0.05, 0.1) is 6.54 Å². The normalized spacial score (nSPS) is 10.5. The summed E-state index contributed by atoms with van der Waals surface area (Å²) in [6.45, 7) is 2.06. The van der Waals surface area contributed by atoms with E-state index in [0.29, 0.717) is 0 Å². The van der Waals surface area contributed by atoms with Crippen molar-refractivity contribution < 1.29 is 0 Å². The molecule has 0 heterocycles. The molecule has 0 rings (SSSR count). The first kappa shape index (κ1) is 11.0. The van der Waals surface area contributed by atoms with Crippen LogP contribution >= 0.6 is 0 Å². The molecule has 0 saturated heterocycles. The van der Waals surface area contributed by atoms with Gasteiger partial charge < -0.3 is 4.90 Å². The molecule has 0 bridgehead atoms. The maximum Gasteiger partial charge on any atom is 0.0521 e. The molecule has 11 heavy (non-hydrogen) atoms. The van der Waals surface area contributed by atoms with E-state index in [1.165, 1.54) is 25.8 Å². The van der Waals surface area contributed by atoms with Crippen molar-refractivity contribution in [1.29, 1.82) is 0 Å². The summed E-state index contributed by atoms with van der Waals surface area (Å²) in [4.78, 5) is 2.22. The Hall–Kier alpha value is -0.0200. The Morgan fingerprint density at radius 3 is 2.27 bits per heavy atom. The van der Waals surface area contributed by atoms with Crippen LogP contribution in [0.5, 0.6) is 0 Å². The number of hydrogen-bond donors (Lipinski definition) is 0. The smallest absolute Gasteiger partial charge is 0.0521 e. The zero-order valence-corrected chi connectivity index (χ0v) is 8.36. The summed E-state index contributed by atoms with van der Waals surface area (Å²) in [7, 11) is 4.22. The van der Waals surface area contributed by atoms with Crippen molar-refractivity contribution in [3.63, 3.8) is 0 Å². The molecule has 0 atom stereocenters. The van der Waals surface area contributed by atoms with E-state index in [1.807, 2.05) is 0 Å². The van der Waals surface area contributed by atoms with Gasteiger partial charge in [0.2, 0.25) is 0 Å². The molecule has 0 N–H and O–H groups in total. The third-order valence-corrected chi connectivity index (χ3v) is 1.79. The largest absolute Gasteiger partial charge is 0.309 e. The molecule has 0 radical (unpaired) electrons. The minimum absolute atomic E-state index is 0.858. The predicted molar refractivity (Wildman–Crippen MR) is 51.7 cm³/mol. The molecule has 2 nitrogen and oxygen atoms in total. The molecule has 66 valence electrons. The number of rotatable bonds is 7. The molecular weight excluding hydrogens is 156 g/mol. The van der Waals surface area contributed by atoms with E-state index in [0.717, 1.165) is 13.0 Å². The second kappa shape index (κ2) is 8.08. The maximum atomic E-state index is 4.49. The minimum Gasteiger partial charge on any atom is -0.309 e. The molecule has 0 aromatic heterocycles. The van der Waals surface area contributed by atoms with Crippen molar-refractivity contribution in [3.05, 3.63) is 0 Å². The zero-order chi connectivity index (χ0) is 8.53. The third kappa shape index (κ3) is 9.98. The Balaban J connectivity index is 2.85. The van der Waals surface area contributed by atoms with Gasteiger partial charge in [-0.1, -0.05) is 12.8 Å². The van der Waals surface area contributed by atoms with E-state index in [2.05, 4.69) is 35.8 Å². The first-order valence-corrected chi connectivity index (χ1v) is 4.57. The fourth-order valence-electron chi connectivity index (χ4n) is 0.958. The Labute approximate surface area is 75.1 Å². The van der Waals surface area contributed by atoms with E-state index in [-0.39, 0.29) is 0 Å². The van der Waals surface area contributed by atoms with Crippen molar-refractivity contribution in [3.8, 4) is 0 Å². The molecule has 0 aromatic carbocycles. The molecule has 0 spiro atoms. The maximum absolute atomic E-state index is 4.49. The van der Waals surface area contributed by atoms with Crippen molar-refractivity contribution >= 4 is 12.4 Å². The van der Waals surface area contributed by atoms with E-state index in [4.69, 9.17) is 0 Å². The van der Waals surface area contributed by atoms with Crippen molar-refractivity contribution in [2.24, 2.45) is 4.36 Å². The summed E-state index contributed by atoms with van der Waals surface area (Å²) in [6.07, 6.45) is 5.04. The van der Waals surface area contributed by atoms with Crippen molar-refractivity contribution in [2.75, 3.05) is 27.2 Å². The molecule has 0 amide bonds. The van der Waals surface area contributed by atoms with E-state index in [1.54, 1.807) is 0 Å². The first-order chi connectivity index (χ1) is 5.27. The molecule has 0 aliphatic carbocycles. The lowest BCUT2D eigenvalue weighted by Gasteiger charge is -2.07. The second-order valence-corrected chi connectivity index (χ2v) is 3.33. The van der Waals surface area contributed by atoms with Crippen LogP contribution in [0, 0.1) is 0 Å². The highest BCUT2D eigenvalue weighted by molar-refractivity contribution is 7.47. The van der Waals surface area contributed by atoms with Gasteiger partial charge in [0.25, 0.3) is 0 Å². The summed E-state index contributed by atoms with van der Waals surface area (Å²) in [5, 5.41) is 0. The number of unbranched alkanes of at least 4 members (excludes halogenated alkanes) is 3. The molecule has 0 aliphatic rings. The summed E-state index contributed by atoms with van der Waals surface area (Å²) < 4.78 is 3.64. The van der Waals surface area contributed by atoms with Crippen LogP contribution in [-0.4, -0.2) is 32.1 Å². The van der Waals surface area contributed by atoms with Gasteiger partial charge in [0.1, 0.15) is 0 Å². The topological polar surface area (TPSA) is 15.6 Å². The molecule has 0 saturated carbocycles. The summed E-state index contributed by atoms with van der Waals surface area (Å²) in [5.74, 6) is 0. The van der Waals surface area contributed by atoms with Gasteiger partial charge in [-0.05, 0) is 33.5 Å².